The summed E-state index contributed by atoms with van der Waals surface area (Å²) in [6.45, 7) is 7.23. The maximum absolute atomic E-state index is 11.4. The van der Waals surface area contributed by atoms with E-state index in [-0.39, 0.29) is 10.9 Å². The van der Waals surface area contributed by atoms with Crippen LogP contribution in [0.15, 0.2) is 23.6 Å². The number of aromatic nitrogens is 4. The van der Waals surface area contributed by atoms with E-state index in [4.69, 9.17) is 10.7 Å². The minimum atomic E-state index is -3.81. The van der Waals surface area contributed by atoms with Crippen LogP contribution >= 0.6 is 10.7 Å². The third-order valence-corrected chi connectivity index (χ3v) is 4.09. The van der Waals surface area contributed by atoms with Gasteiger partial charge >= 0.3 is 0 Å². The summed E-state index contributed by atoms with van der Waals surface area (Å²) >= 11 is 0. The fraction of sp³-hybridized carbons (Fsp3) is 0.500. The predicted octanol–water partition coefficient (Wildman–Crippen LogP) is 2.20. The van der Waals surface area contributed by atoms with Crippen molar-refractivity contribution in [3.63, 3.8) is 0 Å². The summed E-state index contributed by atoms with van der Waals surface area (Å²) in [5.41, 5.74) is 0.990. The molecule has 2 aromatic heterocycles. The van der Waals surface area contributed by atoms with Crippen LogP contribution < -0.4 is 0 Å². The van der Waals surface area contributed by atoms with Gasteiger partial charge in [-0.05, 0) is 6.92 Å². The molecule has 0 aliphatic rings. The van der Waals surface area contributed by atoms with Crippen molar-refractivity contribution >= 4 is 19.7 Å². The number of imidazole rings is 1. The van der Waals surface area contributed by atoms with Gasteiger partial charge in [0.1, 0.15) is 5.82 Å². The second-order valence-electron chi connectivity index (χ2n) is 4.86. The molecule has 20 heavy (non-hydrogen) atoms. The van der Waals surface area contributed by atoms with E-state index in [9.17, 15) is 8.42 Å². The molecular formula is C12H17ClN4O2S. The quantitative estimate of drug-likeness (QED) is 0.793. The standard InChI is InChI=1S/C12H17ClN4O2S/c1-4-17-7-10(5-14-17)6-16-8-11(20(13,18)19)15-12(16)9(2)3/h5,7-9H,4,6H2,1-3H3. The topological polar surface area (TPSA) is 69.8 Å². The van der Waals surface area contributed by atoms with Crippen LogP contribution in [0.1, 0.15) is 38.1 Å². The fourth-order valence-corrected chi connectivity index (χ4v) is 2.65. The van der Waals surface area contributed by atoms with E-state index in [1.54, 1.807) is 10.8 Å². The Morgan fingerprint density at radius 1 is 1.35 bits per heavy atom. The zero-order valence-electron chi connectivity index (χ0n) is 11.6. The predicted molar refractivity (Wildman–Crippen MR) is 76.4 cm³/mol. The highest BCUT2D eigenvalue weighted by Crippen LogP contribution is 2.20. The smallest absolute Gasteiger partial charge is 0.280 e. The Kier molecular flexibility index (Phi) is 4.19. The third kappa shape index (κ3) is 3.21. The highest BCUT2D eigenvalue weighted by Gasteiger charge is 2.19. The van der Waals surface area contributed by atoms with Gasteiger partial charge in [0.2, 0.25) is 0 Å². The van der Waals surface area contributed by atoms with E-state index in [0.717, 1.165) is 12.1 Å². The van der Waals surface area contributed by atoms with Gasteiger partial charge in [0.25, 0.3) is 9.05 Å². The molecule has 0 atom stereocenters. The Morgan fingerprint density at radius 2 is 2.05 bits per heavy atom. The zero-order chi connectivity index (χ0) is 14.9. The molecule has 0 bridgehead atoms. The molecule has 0 aromatic carbocycles. The lowest BCUT2D eigenvalue weighted by Gasteiger charge is -2.08. The Balaban J connectivity index is 2.37. The van der Waals surface area contributed by atoms with Gasteiger partial charge in [-0.3, -0.25) is 4.68 Å². The molecule has 0 saturated heterocycles. The Labute approximate surface area is 122 Å². The molecule has 0 amide bonds. The van der Waals surface area contributed by atoms with Crippen molar-refractivity contribution in [1.29, 1.82) is 0 Å². The summed E-state index contributed by atoms with van der Waals surface area (Å²) in [5, 5.41) is 4.09. The lowest BCUT2D eigenvalue weighted by atomic mass is 10.2. The molecule has 0 radical (unpaired) electrons. The van der Waals surface area contributed by atoms with Gasteiger partial charge in [-0.25, -0.2) is 13.4 Å². The average Bonchev–Trinajstić information content (AvgIpc) is 2.95. The van der Waals surface area contributed by atoms with E-state index in [2.05, 4.69) is 10.1 Å². The van der Waals surface area contributed by atoms with Crippen LogP contribution in [0.4, 0.5) is 0 Å². The Morgan fingerprint density at radius 3 is 2.55 bits per heavy atom. The maximum atomic E-state index is 11.4. The van der Waals surface area contributed by atoms with Gasteiger partial charge in [-0.2, -0.15) is 5.10 Å². The van der Waals surface area contributed by atoms with E-state index in [1.165, 1.54) is 6.20 Å². The summed E-state index contributed by atoms with van der Waals surface area (Å²) in [7, 11) is 1.55. The van der Waals surface area contributed by atoms with Gasteiger partial charge < -0.3 is 4.57 Å². The molecule has 0 aliphatic carbocycles. The summed E-state index contributed by atoms with van der Waals surface area (Å²) in [4.78, 5) is 4.12. The van der Waals surface area contributed by atoms with Crippen molar-refractivity contribution in [2.45, 2.75) is 44.8 Å². The molecule has 0 unspecified atom stereocenters. The normalized spacial score (nSPS) is 12.2. The Bertz CT molecular complexity index is 703. The van der Waals surface area contributed by atoms with Gasteiger partial charge in [-0.1, -0.05) is 13.8 Å². The highest BCUT2D eigenvalue weighted by atomic mass is 35.7. The van der Waals surface area contributed by atoms with Crippen molar-refractivity contribution in [2.24, 2.45) is 0 Å². The molecule has 0 fully saturated rings. The molecule has 0 spiro atoms. The first kappa shape index (κ1) is 15.1. The lowest BCUT2D eigenvalue weighted by molar-refractivity contribution is 0.606. The molecule has 0 saturated carbocycles. The van der Waals surface area contributed by atoms with Crippen LogP contribution in [-0.2, 0) is 22.1 Å². The molecule has 2 heterocycles. The number of aryl methyl sites for hydroxylation is 1. The number of halogens is 1. The first-order valence-electron chi connectivity index (χ1n) is 6.34. The second kappa shape index (κ2) is 5.57. The van der Waals surface area contributed by atoms with Crippen LogP contribution in [0, 0.1) is 0 Å². The maximum Gasteiger partial charge on any atom is 0.280 e. The fourth-order valence-electron chi connectivity index (χ4n) is 1.97. The van der Waals surface area contributed by atoms with Crippen molar-refractivity contribution in [2.75, 3.05) is 0 Å². The van der Waals surface area contributed by atoms with E-state index in [1.807, 2.05) is 31.6 Å². The minimum Gasteiger partial charge on any atom is -0.329 e. The SMILES string of the molecule is CCn1cc(Cn2cc(S(=O)(=O)Cl)nc2C(C)C)cn1. The first-order chi connectivity index (χ1) is 9.31. The summed E-state index contributed by atoms with van der Waals surface area (Å²) in [6.07, 6.45) is 5.17. The van der Waals surface area contributed by atoms with E-state index >= 15 is 0 Å². The molecule has 2 rings (SSSR count). The van der Waals surface area contributed by atoms with Crippen LogP contribution in [0.2, 0.25) is 0 Å². The molecule has 0 aliphatic heterocycles. The lowest BCUT2D eigenvalue weighted by Crippen LogP contribution is -2.05. The molecular weight excluding hydrogens is 300 g/mol. The van der Waals surface area contributed by atoms with Crippen LogP contribution in [-0.4, -0.2) is 27.7 Å². The van der Waals surface area contributed by atoms with Crippen molar-refractivity contribution in [3.05, 3.63) is 30.0 Å². The molecule has 110 valence electrons. The van der Waals surface area contributed by atoms with Crippen molar-refractivity contribution in [3.8, 4) is 0 Å². The van der Waals surface area contributed by atoms with Gasteiger partial charge in [-0.15, -0.1) is 0 Å². The third-order valence-electron chi connectivity index (χ3n) is 2.92. The van der Waals surface area contributed by atoms with Gasteiger partial charge in [0.05, 0.1) is 12.7 Å². The minimum absolute atomic E-state index is 0.100. The van der Waals surface area contributed by atoms with Crippen LogP contribution in [0.25, 0.3) is 0 Å². The molecule has 6 nitrogen and oxygen atoms in total. The molecule has 8 heteroatoms. The summed E-state index contributed by atoms with van der Waals surface area (Å²) in [6, 6.07) is 0. The van der Waals surface area contributed by atoms with E-state index in [0.29, 0.717) is 12.4 Å². The number of hydrogen-bond acceptors (Lipinski definition) is 4. The molecule has 2 aromatic rings. The van der Waals surface area contributed by atoms with E-state index < -0.39 is 9.05 Å². The number of rotatable bonds is 5. The van der Waals surface area contributed by atoms with Crippen molar-refractivity contribution in [1.82, 2.24) is 19.3 Å². The Hall–Kier alpha value is -1.34. The summed E-state index contributed by atoms with van der Waals surface area (Å²) in [5.74, 6) is 0.789. The zero-order valence-corrected chi connectivity index (χ0v) is 13.2. The number of nitrogens with zero attached hydrogens (tertiary/aromatic N) is 4. The van der Waals surface area contributed by atoms with Gasteiger partial charge in [0, 0.05) is 41.1 Å². The van der Waals surface area contributed by atoms with Crippen molar-refractivity contribution < 1.29 is 8.42 Å². The summed E-state index contributed by atoms with van der Waals surface area (Å²) < 4.78 is 26.4. The number of hydrogen-bond donors (Lipinski definition) is 0. The van der Waals surface area contributed by atoms with Crippen LogP contribution in [0.5, 0.6) is 0 Å². The monoisotopic (exact) mass is 316 g/mol. The second-order valence-corrected chi connectivity index (χ2v) is 7.37. The average molecular weight is 317 g/mol. The highest BCUT2D eigenvalue weighted by molar-refractivity contribution is 8.13. The first-order valence-corrected chi connectivity index (χ1v) is 8.65. The largest absolute Gasteiger partial charge is 0.329 e. The van der Waals surface area contributed by atoms with Gasteiger partial charge in [0.15, 0.2) is 5.03 Å². The molecule has 0 N–H and O–H groups in total. The van der Waals surface area contributed by atoms with Crippen LogP contribution in [0.3, 0.4) is 0 Å².